The second-order valence-corrected chi connectivity index (χ2v) is 9.66. The molecule has 6 heteroatoms. The number of carbonyl (C=O) groups excluding carboxylic acids is 1. The summed E-state index contributed by atoms with van der Waals surface area (Å²) in [5.41, 5.74) is 6.53. The van der Waals surface area contributed by atoms with Crippen LogP contribution in [0.3, 0.4) is 0 Å². The van der Waals surface area contributed by atoms with Crippen LogP contribution in [-0.2, 0) is 6.54 Å². The van der Waals surface area contributed by atoms with Gasteiger partial charge in [-0.25, -0.2) is 0 Å². The Morgan fingerprint density at radius 3 is 2.79 bits per heavy atom. The van der Waals surface area contributed by atoms with E-state index in [-0.39, 0.29) is 11.9 Å². The minimum Gasteiger partial charge on any atom is -0.354 e. The second kappa shape index (κ2) is 8.69. The molecule has 4 aromatic rings. The zero-order chi connectivity index (χ0) is 23.1. The molecule has 172 valence electrons. The van der Waals surface area contributed by atoms with Crippen molar-refractivity contribution in [3.8, 4) is 11.3 Å². The van der Waals surface area contributed by atoms with E-state index in [0.29, 0.717) is 17.5 Å². The van der Waals surface area contributed by atoms with Crippen LogP contribution in [0.1, 0.15) is 40.7 Å². The van der Waals surface area contributed by atoms with Crippen molar-refractivity contribution in [1.29, 1.82) is 0 Å². The van der Waals surface area contributed by atoms with Crippen LogP contribution in [0.5, 0.6) is 0 Å². The van der Waals surface area contributed by atoms with Gasteiger partial charge in [-0.2, -0.15) is 0 Å². The van der Waals surface area contributed by atoms with Gasteiger partial charge in [-0.1, -0.05) is 18.2 Å². The highest BCUT2D eigenvalue weighted by Crippen LogP contribution is 2.41. The predicted octanol–water partition coefficient (Wildman–Crippen LogP) is 4.72. The molecule has 6 rings (SSSR count). The number of fused-ring (bicyclic) bond motifs is 2. The molecule has 3 aromatic heterocycles. The zero-order valence-corrected chi connectivity index (χ0v) is 19.4. The fourth-order valence-electron chi connectivity index (χ4n) is 6.01. The van der Waals surface area contributed by atoms with Gasteiger partial charge in [0.1, 0.15) is 0 Å². The van der Waals surface area contributed by atoms with Gasteiger partial charge in [-0.3, -0.25) is 19.7 Å². The van der Waals surface area contributed by atoms with Crippen molar-refractivity contribution < 1.29 is 4.79 Å². The molecule has 34 heavy (non-hydrogen) atoms. The molecule has 0 spiro atoms. The maximum absolute atomic E-state index is 12.9. The summed E-state index contributed by atoms with van der Waals surface area (Å²) < 4.78 is 0. The van der Waals surface area contributed by atoms with Crippen LogP contribution in [0, 0.1) is 12.8 Å². The molecule has 1 aliphatic carbocycles. The Balaban J connectivity index is 1.22. The fourth-order valence-corrected chi connectivity index (χ4v) is 6.01. The minimum atomic E-state index is -0.00287. The maximum Gasteiger partial charge on any atom is 0.253 e. The highest BCUT2D eigenvalue weighted by molar-refractivity contribution is 5.94. The number of aromatic nitrogens is 3. The van der Waals surface area contributed by atoms with Gasteiger partial charge in [0.15, 0.2) is 0 Å². The van der Waals surface area contributed by atoms with E-state index in [4.69, 9.17) is 0 Å². The molecule has 0 unspecified atom stereocenters. The first-order valence-corrected chi connectivity index (χ1v) is 12.1. The molecule has 1 aliphatic heterocycles. The molecule has 3 atom stereocenters. The Bertz CT molecular complexity index is 1330. The van der Waals surface area contributed by atoms with Gasteiger partial charge in [0.2, 0.25) is 0 Å². The smallest absolute Gasteiger partial charge is 0.253 e. The lowest BCUT2D eigenvalue weighted by Crippen LogP contribution is -2.39. The van der Waals surface area contributed by atoms with E-state index >= 15 is 0 Å². The van der Waals surface area contributed by atoms with Crippen LogP contribution in [-0.4, -0.2) is 44.4 Å². The second-order valence-electron chi connectivity index (χ2n) is 9.66. The van der Waals surface area contributed by atoms with Crippen LogP contribution >= 0.6 is 0 Å². The molecule has 1 amide bonds. The molecule has 2 fully saturated rings. The number of rotatable bonds is 5. The van der Waals surface area contributed by atoms with E-state index in [0.717, 1.165) is 37.9 Å². The van der Waals surface area contributed by atoms with Crippen LogP contribution in [0.15, 0.2) is 67.3 Å². The van der Waals surface area contributed by atoms with Gasteiger partial charge in [-0.15, -0.1) is 0 Å². The van der Waals surface area contributed by atoms with Crippen molar-refractivity contribution in [2.75, 3.05) is 6.54 Å². The van der Waals surface area contributed by atoms with E-state index in [9.17, 15) is 4.79 Å². The number of pyridine rings is 2. The summed E-state index contributed by atoms with van der Waals surface area (Å²) in [7, 11) is 0. The highest BCUT2D eigenvalue weighted by Gasteiger charge is 2.44. The Labute approximate surface area is 199 Å². The first-order valence-electron chi connectivity index (χ1n) is 12.1. The maximum atomic E-state index is 12.9. The van der Waals surface area contributed by atoms with Crippen molar-refractivity contribution in [3.05, 3.63) is 83.9 Å². The number of nitrogens with zero attached hydrogens (tertiary/aromatic N) is 3. The van der Waals surface area contributed by atoms with Gasteiger partial charge in [0, 0.05) is 59.9 Å². The third-order valence-electron chi connectivity index (χ3n) is 7.60. The van der Waals surface area contributed by atoms with Gasteiger partial charge in [-0.05, 0) is 74.0 Å². The number of amides is 1. The van der Waals surface area contributed by atoms with E-state index in [1.165, 1.54) is 27.7 Å². The predicted molar refractivity (Wildman–Crippen MR) is 133 cm³/mol. The summed E-state index contributed by atoms with van der Waals surface area (Å²) in [5, 5.41) is 4.61. The van der Waals surface area contributed by atoms with Gasteiger partial charge >= 0.3 is 0 Å². The monoisotopic (exact) mass is 451 g/mol. The highest BCUT2D eigenvalue weighted by atomic mass is 16.1. The molecule has 1 saturated carbocycles. The topological polar surface area (TPSA) is 73.9 Å². The largest absolute Gasteiger partial charge is 0.354 e. The Kier molecular flexibility index (Phi) is 5.38. The molecular formula is C28H29N5O. The molecule has 6 nitrogen and oxygen atoms in total. The van der Waals surface area contributed by atoms with E-state index in [1.54, 1.807) is 12.4 Å². The fraction of sp³-hybridized carbons (Fsp3) is 0.321. The molecule has 0 radical (unpaired) electrons. The number of likely N-dealkylation sites (tertiary alicyclic amines) is 1. The summed E-state index contributed by atoms with van der Waals surface area (Å²) >= 11 is 0. The summed E-state index contributed by atoms with van der Waals surface area (Å²) in [6.45, 7) is 3.93. The quantitative estimate of drug-likeness (QED) is 0.461. The number of hydrogen-bond donors (Lipinski definition) is 2. The average Bonchev–Trinajstić information content (AvgIpc) is 3.55. The zero-order valence-electron chi connectivity index (χ0n) is 19.4. The number of aromatic amines is 1. The van der Waals surface area contributed by atoms with Crippen LogP contribution in [0.4, 0.5) is 0 Å². The van der Waals surface area contributed by atoms with Crippen LogP contribution in [0.2, 0.25) is 0 Å². The lowest BCUT2D eigenvalue weighted by molar-refractivity contribution is 0.0926. The van der Waals surface area contributed by atoms with Crippen molar-refractivity contribution in [2.24, 2.45) is 5.92 Å². The normalized spacial score (nSPS) is 22.2. The standard InChI is InChI=1S/C28H29N5O/c1-18-14-20(16-30-15-18)28(34)32-25-6-7-26-22(25)10-13-33(26)17-23-21-4-2-3-5-24(21)31-27(23)19-8-11-29-12-9-19/h2-5,8-9,11-12,14-16,22,25-26,31H,6-7,10,13,17H2,1H3,(H,32,34)/t22-,25-,26+/m0/s1. The third kappa shape index (κ3) is 3.78. The molecule has 0 bridgehead atoms. The Morgan fingerprint density at radius 1 is 1.09 bits per heavy atom. The average molecular weight is 452 g/mol. The minimum absolute atomic E-state index is 0.00287. The molecule has 4 heterocycles. The molecular weight excluding hydrogens is 422 g/mol. The van der Waals surface area contributed by atoms with Gasteiger partial charge in [0.05, 0.1) is 11.3 Å². The summed E-state index contributed by atoms with van der Waals surface area (Å²) in [6.07, 6.45) is 10.4. The van der Waals surface area contributed by atoms with E-state index in [2.05, 4.69) is 61.6 Å². The first kappa shape index (κ1) is 21.1. The number of H-pyrrole nitrogens is 1. The van der Waals surface area contributed by atoms with Crippen molar-refractivity contribution >= 4 is 16.8 Å². The van der Waals surface area contributed by atoms with Gasteiger partial charge < -0.3 is 10.3 Å². The van der Waals surface area contributed by atoms with Crippen LogP contribution in [0.25, 0.3) is 22.2 Å². The number of hydrogen-bond acceptors (Lipinski definition) is 4. The van der Waals surface area contributed by atoms with Gasteiger partial charge in [0.25, 0.3) is 5.91 Å². The van der Waals surface area contributed by atoms with Crippen molar-refractivity contribution in [3.63, 3.8) is 0 Å². The molecule has 2 N–H and O–H groups in total. The first-order chi connectivity index (χ1) is 16.7. The number of carbonyl (C=O) groups is 1. The SMILES string of the molecule is Cc1cncc(C(=O)N[C@H]2CC[C@@H]3[C@H]2CCN3Cc2c(-c3ccncc3)[nH]c3ccccc23)c1. The summed E-state index contributed by atoms with van der Waals surface area (Å²) in [5.74, 6) is 0.494. The van der Waals surface area contributed by atoms with Crippen molar-refractivity contribution in [2.45, 2.75) is 44.8 Å². The van der Waals surface area contributed by atoms with E-state index < -0.39 is 0 Å². The molecule has 1 aromatic carbocycles. The lowest BCUT2D eigenvalue weighted by Gasteiger charge is -2.25. The number of aryl methyl sites for hydroxylation is 1. The third-order valence-corrected chi connectivity index (χ3v) is 7.60. The van der Waals surface area contributed by atoms with Crippen molar-refractivity contribution in [1.82, 2.24) is 25.2 Å². The number of nitrogens with one attached hydrogen (secondary N) is 2. The lowest BCUT2D eigenvalue weighted by atomic mass is 9.99. The number of para-hydroxylation sites is 1. The molecule has 2 aliphatic rings. The van der Waals surface area contributed by atoms with E-state index in [1.807, 2.05) is 25.4 Å². The Morgan fingerprint density at radius 2 is 1.94 bits per heavy atom. The van der Waals surface area contributed by atoms with Crippen LogP contribution < -0.4 is 5.32 Å². The summed E-state index contributed by atoms with van der Waals surface area (Å²) in [4.78, 5) is 27.5. The molecule has 1 saturated heterocycles. The number of benzene rings is 1. The Hall–Kier alpha value is -3.51. The summed E-state index contributed by atoms with van der Waals surface area (Å²) in [6, 6.07) is 15.3.